The number of hydrogen-bond acceptors (Lipinski definition) is 2. The predicted molar refractivity (Wildman–Crippen MR) is 84.0 cm³/mol. The lowest BCUT2D eigenvalue weighted by molar-refractivity contribution is 0.509. The fourth-order valence-electron chi connectivity index (χ4n) is 2.60. The summed E-state index contributed by atoms with van der Waals surface area (Å²) in [4.78, 5) is 0. The van der Waals surface area contributed by atoms with Crippen molar-refractivity contribution in [2.45, 2.75) is 39.2 Å². The van der Waals surface area contributed by atoms with Gasteiger partial charge in [-0.2, -0.15) is 5.10 Å². The van der Waals surface area contributed by atoms with E-state index in [1.165, 1.54) is 22.4 Å². The molecule has 0 saturated heterocycles. The highest BCUT2D eigenvalue weighted by Gasteiger charge is 2.10. The largest absolute Gasteiger partial charge is 0.317 e. The fraction of sp³-hybridized carbons (Fsp3) is 0.471. The smallest absolute Gasteiger partial charge is 0.0492 e. The zero-order valence-electron chi connectivity index (χ0n) is 13.0. The SMILES string of the molecule is CNC(CCc1ccnn1C)Cc1cc(C)ccc1C. The van der Waals surface area contributed by atoms with E-state index >= 15 is 0 Å². The quantitative estimate of drug-likeness (QED) is 0.875. The fourth-order valence-corrected chi connectivity index (χ4v) is 2.60. The Kier molecular flexibility index (Phi) is 4.96. The molecular formula is C17H25N3. The Morgan fingerprint density at radius 1 is 1.25 bits per heavy atom. The number of aromatic nitrogens is 2. The van der Waals surface area contributed by atoms with E-state index in [-0.39, 0.29) is 0 Å². The molecule has 3 heteroatoms. The van der Waals surface area contributed by atoms with Crippen LogP contribution in [0.3, 0.4) is 0 Å². The Hall–Kier alpha value is -1.61. The molecule has 20 heavy (non-hydrogen) atoms. The molecule has 0 saturated carbocycles. The zero-order valence-corrected chi connectivity index (χ0v) is 13.0. The minimum atomic E-state index is 0.505. The Labute approximate surface area is 122 Å². The van der Waals surface area contributed by atoms with E-state index in [4.69, 9.17) is 0 Å². The standard InChI is InChI=1S/C17H25N3/c1-13-5-6-14(2)15(11-13)12-16(18-3)7-8-17-9-10-19-20(17)4/h5-6,9-11,16,18H,7-8,12H2,1-4H3. The molecule has 0 aliphatic heterocycles. The van der Waals surface area contributed by atoms with Crippen molar-refractivity contribution in [1.82, 2.24) is 15.1 Å². The van der Waals surface area contributed by atoms with Crippen LogP contribution in [0.1, 0.15) is 28.8 Å². The van der Waals surface area contributed by atoms with Crippen LogP contribution in [0.4, 0.5) is 0 Å². The second-order valence-corrected chi connectivity index (χ2v) is 5.60. The van der Waals surface area contributed by atoms with Gasteiger partial charge in [0, 0.05) is 25.0 Å². The molecule has 1 atom stereocenters. The first-order chi connectivity index (χ1) is 9.60. The summed E-state index contributed by atoms with van der Waals surface area (Å²) in [6.45, 7) is 4.36. The van der Waals surface area contributed by atoms with Gasteiger partial charge in [-0.1, -0.05) is 23.8 Å². The molecule has 2 aromatic rings. The second-order valence-electron chi connectivity index (χ2n) is 5.60. The van der Waals surface area contributed by atoms with Gasteiger partial charge in [0.25, 0.3) is 0 Å². The first-order valence-electron chi connectivity index (χ1n) is 7.30. The van der Waals surface area contributed by atoms with E-state index in [0.717, 1.165) is 19.3 Å². The van der Waals surface area contributed by atoms with Crippen LogP contribution in [0.2, 0.25) is 0 Å². The second kappa shape index (κ2) is 6.71. The summed E-state index contributed by atoms with van der Waals surface area (Å²) >= 11 is 0. The average molecular weight is 271 g/mol. The van der Waals surface area contributed by atoms with Gasteiger partial charge in [0.1, 0.15) is 0 Å². The van der Waals surface area contributed by atoms with Crippen LogP contribution >= 0.6 is 0 Å². The summed E-state index contributed by atoms with van der Waals surface area (Å²) in [5.41, 5.74) is 5.48. The molecule has 0 aliphatic rings. The van der Waals surface area contributed by atoms with Gasteiger partial charge in [-0.3, -0.25) is 4.68 Å². The van der Waals surface area contributed by atoms with Crippen molar-refractivity contribution in [3.8, 4) is 0 Å². The minimum absolute atomic E-state index is 0.505. The lowest BCUT2D eigenvalue weighted by atomic mass is 9.96. The third-order valence-corrected chi connectivity index (χ3v) is 4.05. The minimum Gasteiger partial charge on any atom is -0.317 e. The van der Waals surface area contributed by atoms with E-state index in [1.807, 2.05) is 17.9 Å². The Bertz CT molecular complexity index is 557. The third-order valence-electron chi connectivity index (χ3n) is 4.05. The molecule has 0 amide bonds. The molecule has 1 unspecified atom stereocenters. The monoisotopic (exact) mass is 271 g/mol. The first-order valence-corrected chi connectivity index (χ1v) is 7.30. The highest BCUT2D eigenvalue weighted by molar-refractivity contribution is 5.31. The van der Waals surface area contributed by atoms with Crippen molar-refractivity contribution in [1.29, 1.82) is 0 Å². The molecule has 2 rings (SSSR count). The third kappa shape index (κ3) is 3.70. The summed E-state index contributed by atoms with van der Waals surface area (Å²) in [6.07, 6.45) is 5.15. The summed E-state index contributed by atoms with van der Waals surface area (Å²) in [5.74, 6) is 0. The molecule has 0 bridgehead atoms. The maximum atomic E-state index is 4.23. The number of rotatable bonds is 6. The van der Waals surface area contributed by atoms with Crippen LogP contribution in [0.25, 0.3) is 0 Å². The maximum absolute atomic E-state index is 4.23. The van der Waals surface area contributed by atoms with Crippen molar-refractivity contribution in [2.75, 3.05) is 7.05 Å². The summed E-state index contributed by atoms with van der Waals surface area (Å²) < 4.78 is 1.96. The van der Waals surface area contributed by atoms with Crippen molar-refractivity contribution >= 4 is 0 Å². The number of benzene rings is 1. The van der Waals surface area contributed by atoms with Crippen molar-refractivity contribution in [3.05, 3.63) is 52.8 Å². The number of likely N-dealkylation sites (N-methyl/N-ethyl adjacent to an activating group) is 1. The van der Waals surface area contributed by atoms with Gasteiger partial charge in [0.2, 0.25) is 0 Å². The Balaban J connectivity index is 1.98. The highest BCUT2D eigenvalue weighted by Crippen LogP contribution is 2.15. The molecule has 3 nitrogen and oxygen atoms in total. The van der Waals surface area contributed by atoms with Gasteiger partial charge in [-0.05, 0) is 57.4 Å². The van der Waals surface area contributed by atoms with Crippen LogP contribution in [-0.4, -0.2) is 22.9 Å². The normalized spacial score (nSPS) is 12.6. The molecule has 0 fully saturated rings. The van der Waals surface area contributed by atoms with E-state index in [1.54, 1.807) is 0 Å². The summed E-state index contributed by atoms with van der Waals surface area (Å²) in [6, 6.07) is 9.32. The van der Waals surface area contributed by atoms with Gasteiger partial charge in [-0.15, -0.1) is 0 Å². The van der Waals surface area contributed by atoms with Crippen molar-refractivity contribution in [2.24, 2.45) is 7.05 Å². The van der Waals surface area contributed by atoms with E-state index in [9.17, 15) is 0 Å². The van der Waals surface area contributed by atoms with Crippen LogP contribution in [0.15, 0.2) is 30.5 Å². The lowest BCUT2D eigenvalue weighted by Crippen LogP contribution is -2.28. The zero-order chi connectivity index (χ0) is 14.5. The Morgan fingerprint density at radius 3 is 2.70 bits per heavy atom. The van der Waals surface area contributed by atoms with Crippen LogP contribution < -0.4 is 5.32 Å². The molecule has 108 valence electrons. The number of nitrogens with zero attached hydrogens (tertiary/aromatic N) is 2. The first kappa shape index (κ1) is 14.8. The molecule has 0 aliphatic carbocycles. The summed E-state index contributed by atoms with van der Waals surface area (Å²) in [5, 5.41) is 7.68. The van der Waals surface area contributed by atoms with Gasteiger partial charge in [-0.25, -0.2) is 0 Å². The van der Waals surface area contributed by atoms with Crippen molar-refractivity contribution < 1.29 is 0 Å². The molecule has 1 heterocycles. The number of nitrogens with one attached hydrogen (secondary N) is 1. The number of aryl methyl sites for hydroxylation is 4. The molecule has 0 radical (unpaired) electrons. The van der Waals surface area contributed by atoms with Crippen LogP contribution in [0.5, 0.6) is 0 Å². The summed E-state index contributed by atoms with van der Waals surface area (Å²) in [7, 11) is 4.06. The van der Waals surface area contributed by atoms with Gasteiger partial charge >= 0.3 is 0 Å². The Morgan fingerprint density at radius 2 is 2.05 bits per heavy atom. The van der Waals surface area contributed by atoms with E-state index in [2.05, 4.69) is 55.6 Å². The van der Waals surface area contributed by atoms with E-state index in [0.29, 0.717) is 6.04 Å². The van der Waals surface area contributed by atoms with Crippen LogP contribution in [-0.2, 0) is 19.9 Å². The lowest BCUT2D eigenvalue weighted by Gasteiger charge is -2.18. The molecular weight excluding hydrogens is 246 g/mol. The molecule has 1 aromatic carbocycles. The van der Waals surface area contributed by atoms with Crippen molar-refractivity contribution in [3.63, 3.8) is 0 Å². The maximum Gasteiger partial charge on any atom is 0.0492 e. The van der Waals surface area contributed by atoms with Gasteiger partial charge in [0.15, 0.2) is 0 Å². The number of hydrogen-bond donors (Lipinski definition) is 1. The predicted octanol–water partition coefficient (Wildman–Crippen LogP) is 2.80. The van der Waals surface area contributed by atoms with Gasteiger partial charge < -0.3 is 5.32 Å². The molecule has 1 aromatic heterocycles. The molecule has 1 N–H and O–H groups in total. The topological polar surface area (TPSA) is 29.9 Å². The molecule has 0 spiro atoms. The van der Waals surface area contributed by atoms with E-state index < -0.39 is 0 Å². The van der Waals surface area contributed by atoms with Gasteiger partial charge in [0.05, 0.1) is 0 Å². The average Bonchev–Trinajstić information content (AvgIpc) is 2.84. The highest BCUT2D eigenvalue weighted by atomic mass is 15.2. The van der Waals surface area contributed by atoms with Crippen LogP contribution in [0, 0.1) is 13.8 Å².